The Morgan fingerprint density at radius 1 is 1.69 bits per heavy atom. The molecule has 5 nitrogen and oxygen atoms in total. The van der Waals surface area contributed by atoms with Crippen molar-refractivity contribution in [3.63, 3.8) is 0 Å². The third-order valence-corrected chi connectivity index (χ3v) is 3.50. The van der Waals surface area contributed by atoms with Crippen LogP contribution in [0.1, 0.15) is 27.9 Å². The van der Waals surface area contributed by atoms with E-state index in [0.29, 0.717) is 12.2 Å². The van der Waals surface area contributed by atoms with Crippen LogP contribution in [-0.2, 0) is 6.42 Å². The van der Waals surface area contributed by atoms with Crippen molar-refractivity contribution in [3.8, 4) is 10.6 Å². The number of nitrogens with zero attached hydrogens (tertiary/aromatic N) is 1. The monoisotopic (exact) mass is 236 g/mol. The minimum absolute atomic E-state index is 0.0679. The molecule has 2 aromatic heterocycles. The molecule has 0 bridgehead atoms. The van der Waals surface area contributed by atoms with Crippen LogP contribution in [-0.4, -0.2) is 16.1 Å². The highest BCUT2D eigenvalue weighted by atomic mass is 32.1. The summed E-state index contributed by atoms with van der Waals surface area (Å²) >= 11 is 1.44. The van der Waals surface area contributed by atoms with Crippen LogP contribution in [0, 0.1) is 0 Å². The summed E-state index contributed by atoms with van der Waals surface area (Å²) < 4.78 is 5.31. The third kappa shape index (κ3) is 1.20. The van der Waals surface area contributed by atoms with Gasteiger partial charge in [-0.3, -0.25) is 0 Å². The lowest BCUT2D eigenvalue weighted by molar-refractivity contribution is 0.0663. The first kappa shape index (κ1) is 9.56. The maximum absolute atomic E-state index is 10.8. The Kier molecular flexibility index (Phi) is 1.89. The van der Waals surface area contributed by atoms with Crippen molar-refractivity contribution in [2.24, 2.45) is 5.73 Å². The number of carboxylic acid groups (broad SMARTS) is 1. The van der Waals surface area contributed by atoms with Crippen LogP contribution in [0.4, 0.5) is 0 Å². The van der Waals surface area contributed by atoms with Crippen LogP contribution in [0.15, 0.2) is 16.0 Å². The molecule has 0 amide bonds. The summed E-state index contributed by atoms with van der Waals surface area (Å²) in [6.45, 7) is 0. The quantitative estimate of drug-likeness (QED) is 0.785. The third-order valence-electron chi connectivity index (χ3n) is 2.63. The van der Waals surface area contributed by atoms with Gasteiger partial charge in [0.2, 0.25) is 5.76 Å². The average molecular weight is 236 g/mol. The molecule has 0 saturated heterocycles. The summed E-state index contributed by atoms with van der Waals surface area (Å²) in [7, 11) is 0. The lowest BCUT2D eigenvalue weighted by atomic mass is 9.96. The molecule has 1 aliphatic rings. The first-order valence-corrected chi connectivity index (χ1v) is 5.60. The Bertz CT molecular complexity index is 572. The predicted octanol–water partition coefficient (Wildman–Crippen LogP) is 1.66. The molecule has 6 heteroatoms. The van der Waals surface area contributed by atoms with Crippen LogP contribution in [0.2, 0.25) is 0 Å². The number of carboxylic acids is 1. The number of thiazole rings is 1. The van der Waals surface area contributed by atoms with E-state index in [1.165, 1.54) is 17.4 Å². The molecule has 16 heavy (non-hydrogen) atoms. The Balaban J connectivity index is 2.23. The molecule has 2 heterocycles. The highest BCUT2D eigenvalue weighted by molar-refractivity contribution is 7.13. The Morgan fingerprint density at radius 3 is 3.25 bits per heavy atom. The Morgan fingerprint density at radius 2 is 2.50 bits per heavy atom. The van der Waals surface area contributed by atoms with Crippen molar-refractivity contribution in [1.82, 2.24) is 4.98 Å². The van der Waals surface area contributed by atoms with Crippen molar-refractivity contribution in [2.75, 3.05) is 0 Å². The van der Waals surface area contributed by atoms with E-state index in [1.54, 1.807) is 5.51 Å². The van der Waals surface area contributed by atoms with Gasteiger partial charge in [0.25, 0.3) is 0 Å². The van der Waals surface area contributed by atoms with Gasteiger partial charge in [-0.25, -0.2) is 9.78 Å². The number of aromatic carboxylic acids is 1. The zero-order chi connectivity index (χ0) is 11.3. The Labute approximate surface area is 94.5 Å². The highest BCUT2D eigenvalue weighted by Crippen LogP contribution is 2.41. The molecule has 0 radical (unpaired) electrons. The molecular formula is C10H8N2O3S. The van der Waals surface area contributed by atoms with E-state index < -0.39 is 5.97 Å². The maximum atomic E-state index is 10.8. The number of furan rings is 1. The van der Waals surface area contributed by atoms with Gasteiger partial charge in [0.15, 0.2) is 5.76 Å². The first-order chi connectivity index (χ1) is 7.66. The van der Waals surface area contributed by atoms with E-state index in [4.69, 9.17) is 15.3 Å². The zero-order valence-corrected chi connectivity index (χ0v) is 8.95. The minimum Gasteiger partial charge on any atom is -0.475 e. The second-order valence-corrected chi connectivity index (χ2v) is 4.49. The summed E-state index contributed by atoms with van der Waals surface area (Å²) in [6, 6.07) is 1.27. The summed E-state index contributed by atoms with van der Waals surface area (Å²) in [5, 5.41) is 8.87. The maximum Gasteiger partial charge on any atom is 0.371 e. The fraction of sp³-hybridized carbons (Fsp3) is 0.200. The molecule has 0 aromatic carbocycles. The molecule has 0 saturated carbocycles. The van der Waals surface area contributed by atoms with Gasteiger partial charge in [0, 0.05) is 18.0 Å². The average Bonchev–Trinajstić information content (AvgIpc) is 2.80. The van der Waals surface area contributed by atoms with E-state index in [-0.39, 0.29) is 11.8 Å². The van der Waals surface area contributed by atoms with E-state index in [0.717, 1.165) is 16.1 Å². The van der Waals surface area contributed by atoms with Crippen LogP contribution >= 0.6 is 11.3 Å². The number of hydrogen-bond acceptors (Lipinski definition) is 5. The summed E-state index contributed by atoms with van der Waals surface area (Å²) in [5.74, 6) is -0.581. The smallest absolute Gasteiger partial charge is 0.371 e. The standard InChI is InChI=1S/C10H8N2O3S/c11-5-2-6-9(16-3-12-6)8-4(5)1-7(15-8)10(13)14/h1,3,5H,2,11H2,(H,13,14). The number of nitrogens with two attached hydrogens (primary N) is 1. The molecule has 0 aliphatic heterocycles. The van der Waals surface area contributed by atoms with Crippen molar-refractivity contribution < 1.29 is 14.3 Å². The van der Waals surface area contributed by atoms with E-state index in [2.05, 4.69) is 4.98 Å². The minimum atomic E-state index is -1.08. The van der Waals surface area contributed by atoms with Gasteiger partial charge in [-0.15, -0.1) is 11.3 Å². The summed E-state index contributed by atoms with van der Waals surface area (Å²) in [5.41, 5.74) is 9.31. The van der Waals surface area contributed by atoms with E-state index in [1.807, 2.05) is 0 Å². The second-order valence-electron chi connectivity index (χ2n) is 3.64. The number of carbonyl (C=O) groups is 1. The molecule has 3 N–H and O–H groups in total. The van der Waals surface area contributed by atoms with Gasteiger partial charge in [-0.1, -0.05) is 0 Å². The molecule has 0 fully saturated rings. The van der Waals surface area contributed by atoms with Crippen molar-refractivity contribution in [3.05, 3.63) is 28.6 Å². The predicted molar refractivity (Wildman–Crippen MR) is 57.4 cm³/mol. The van der Waals surface area contributed by atoms with Crippen LogP contribution in [0.25, 0.3) is 10.6 Å². The molecule has 82 valence electrons. The summed E-state index contributed by atoms with van der Waals surface area (Å²) in [6.07, 6.45) is 0.629. The number of hydrogen-bond donors (Lipinski definition) is 2. The summed E-state index contributed by atoms with van der Waals surface area (Å²) in [4.78, 5) is 15.9. The zero-order valence-electron chi connectivity index (χ0n) is 8.14. The van der Waals surface area contributed by atoms with Crippen LogP contribution in [0.3, 0.4) is 0 Å². The van der Waals surface area contributed by atoms with Gasteiger partial charge in [-0.05, 0) is 6.07 Å². The fourth-order valence-corrected chi connectivity index (χ4v) is 2.70. The topological polar surface area (TPSA) is 89.4 Å². The van der Waals surface area contributed by atoms with Crippen LogP contribution < -0.4 is 5.73 Å². The van der Waals surface area contributed by atoms with Gasteiger partial charge >= 0.3 is 5.97 Å². The van der Waals surface area contributed by atoms with Gasteiger partial charge in [0.05, 0.1) is 16.1 Å². The van der Waals surface area contributed by atoms with Crippen molar-refractivity contribution >= 4 is 17.3 Å². The van der Waals surface area contributed by atoms with Gasteiger partial charge < -0.3 is 15.3 Å². The van der Waals surface area contributed by atoms with Gasteiger partial charge in [-0.2, -0.15) is 0 Å². The largest absolute Gasteiger partial charge is 0.475 e. The van der Waals surface area contributed by atoms with E-state index >= 15 is 0 Å². The lowest BCUT2D eigenvalue weighted by Gasteiger charge is -2.15. The molecule has 2 aromatic rings. The fourth-order valence-electron chi connectivity index (χ4n) is 1.88. The number of rotatable bonds is 1. The molecular weight excluding hydrogens is 228 g/mol. The number of fused-ring (bicyclic) bond motifs is 3. The normalized spacial score (nSPS) is 17.9. The molecule has 1 unspecified atom stereocenters. The number of aromatic nitrogens is 1. The lowest BCUT2D eigenvalue weighted by Crippen LogP contribution is -2.17. The van der Waals surface area contributed by atoms with E-state index in [9.17, 15) is 4.79 Å². The highest BCUT2D eigenvalue weighted by Gasteiger charge is 2.29. The molecule has 1 atom stereocenters. The Hall–Kier alpha value is -1.66. The molecule has 0 spiro atoms. The van der Waals surface area contributed by atoms with Gasteiger partial charge in [0.1, 0.15) is 0 Å². The van der Waals surface area contributed by atoms with Crippen molar-refractivity contribution in [2.45, 2.75) is 12.5 Å². The van der Waals surface area contributed by atoms with Crippen LogP contribution in [0.5, 0.6) is 0 Å². The first-order valence-electron chi connectivity index (χ1n) is 4.72. The molecule has 1 aliphatic carbocycles. The SMILES string of the molecule is NC1Cc2ncsc2-c2oc(C(=O)O)cc21. The van der Waals surface area contributed by atoms with Crippen molar-refractivity contribution in [1.29, 1.82) is 0 Å². The second kappa shape index (κ2) is 3.16. The molecule has 3 rings (SSSR count).